The normalized spacial score (nSPS) is 21.8. The van der Waals surface area contributed by atoms with Crippen LogP contribution in [0.3, 0.4) is 0 Å². The number of carbonyl (C=O) groups excluding carboxylic acids is 1. The van der Waals surface area contributed by atoms with Crippen LogP contribution in [0.4, 0.5) is 0 Å². The molecule has 14 nitrogen and oxygen atoms in total. The molecule has 5 rings (SSSR count). The van der Waals surface area contributed by atoms with Crippen molar-refractivity contribution in [1.82, 2.24) is 0 Å². The molecular weight excluding hydrogens is 584 g/mol. The quantitative estimate of drug-likeness (QED) is 0.0839. The predicted octanol–water partition coefficient (Wildman–Crippen LogP) is 1.38. The summed E-state index contributed by atoms with van der Waals surface area (Å²) < 4.78 is 22.4. The molecule has 0 radical (unpaired) electrons. The number of rotatable bonds is 7. The maximum atomic E-state index is 12.3. The van der Waals surface area contributed by atoms with Gasteiger partial charge in [-0.05, 0) is 48.0 Å². The molecule has 2 aromatic carbocycles. The number of phenolic OH excluding ortho intramolecular Hbond substituents is 5. The third-order valence-corrected chi connectivity index (χ3v) is 6.76. The predicted molar refractivity (Wildman–Crippen MR) is 149 cm³/mol. The van der Waals surface area contributed by atoms with Crippen LogP contribution in [0.1, 0.15) is 5.56 Å². The van der Waals surface area contributed by atoms with E-state index in [0.717, 1.165) is 30.3 Å². The van der Waals surface area contributed by atoms with Crippen molar-refractivity contribution in [3.05, 3.63) is 76.5 Å². The fourth-order valence-corrected chi connectivity index (χ4v) is 4.42. The highest BCUT2D eigenvalue weighted by Crippen LogP contribution is 2.43. The monoisotopic (exact) mass is 610 g/mol. The Morgan fingerprint density at radius 1 is 0.795 bits per heavy atom. The van der Waals surface area contributed by atoms with E-state index in [0.29, 0.717) is 5.56 Å². The van der Waals surface area contributed by atoms with Gasteiger partial charge in [0.2, 0.25) is 6.29 Å². The van der Waals surface area contributed by atoms with E-state index in [1.54, 1.807) is 0 Å². The molecule has 1 fully saturated rings. The summed E-state index contributed by atoms with van der Waals surface area (Å²) in [6.45, 7) is -0.595. The van der Waals surface area contributed by atoms with E-state index in [1.807, 2.05) is 0 Å². The maximum Gasteiger partial charge on any atom is 0.330 e. The minimum Gasteiger partial charge on any atom is -0.507 e. The topological polar surface area (TPSA) is 237 Å². The first kappa shape index (κ1) is 30.2. The van der Waals surface area contributed by atoms with Crippen molar-refractivity contribution in [2.45, 2.75) is 30.7 Å². The van der Waals surface area contributed by atoms with Crippen LogP contribution in [0.25, 0.3) is 28.7 Å². The number of esters is 1. The lowest BCUT2D eigenvalue weighted by Gasteiger charge is -2.40. The van der Waals surface area contributed by atoms with Gasteiger partial charge in [-0.3, -0.25) is 4.79 Å². The molecule has 0 saturated carbocycles. The van der Waals surface area contributed by atoms with E-state index in [9.17, 15) is 50.4 Å². The fraction of sp³-hybridized carbons (Fsp3) is 0.200. The van der Waals surface area contributed by atoms with Crippen molar-refractivity contribution in [2.75, 3.05) is 6.61 Å². The summed E-state index contributed by atoms with van der Waals surface area (Å²) in [6, 6.07) is 10.8. The van der Waals surface area contributed by atoms with Crippen LogP contribution in [0.15, 0.2) is 69.9 Å². The van der Waals surface area contributed by atoms with Crippen LogP contribution in [0, 0.1) is 0 Å². The Morgan fingerprint density at radius 2 is 1.50 bits per heavy atom. The highest BCUT2D eigenvalue weighted by Gasteiger charge is 2.46. The molecule has 44 heavy (non-hydrogen) atoms. The minimum atomic E-state index is -1.84. The summed E-state index contributed by atoms with van der Waals surface area (Å²) in [7, 11) is 0. The van der Waals surface area contributed by atoms with E-state index in [2.05, 4.69) is 0 Å². The third-order valence-electron chi connectivity index (χ3n) is 6.76. The second-order valence-electron chi connectivity index (χ2n) is 9.84. The second-order valence-corrected chi connectivity index (χ2v) is 9.84. The summed E-state index contributed by atoms with van der Waals surface area (Å²) in [5.41, 5.74) is -0.0349. The maximum absolute atomic E-state index is 12.3. The average molecular weight is 611 g/mol. The Labute approximate surface area is 247 Å². The Morgan fingerprint density at radius 3 is 2.20 bits per heavy atom. The Kier molecular flexibility index (Phi) is 8.33. The van der Waals surface area contributed by atoms with Crippen molar-refractivity contribution in [1.29, 1.82) is 0 Å². The number of aliphatic hydroxyl groups excluding tert-OH is 3. The van der Waals surface area contributed by atoms with Gasteiger partial charge in [0, 0.05) is 23.8 Å². The lowest BCUT2D eigenvalue weighted by molar-refractivity contribution is -0.278. The number of hydrogen-bond donors (Lipinski definition) is 8. The molecule has 2 aromatic rings. The van der Waals surface area contributed by atoms with Crippen LogP contribution < -0.4 is 10.2 Å². The zero-order valence-electron chi connectivity index (χ0n) is 22.5. The van der Waals surface area contributed by atoms with Crippen molar-refractivity contribution in [3.63, 3.8) is 0 Å². The summed E-state index contributed by atoms with van der Waals surface area (Å²) in [4.78, 5) is 24.2. The van der Waals surface area contributed by atoms with Crippen molar-refractivity contribution < 1.29 is 64.3 Å². The molecule has 0 aromatic heterocycles. The number of aliphatic hydroxyl groups is 3. The van der Waals surface area contributed by atoms with E-state index < -0.39 is 71.7 Å². The molecule has 1 aliphatic carbocycles. The van der Waals surface area contributed by atoms with Crippen LogP contribution in [-0.2, 0) is 14.3 Å². The molecule has 0 bridgehead atoms. The first-order valence-corrected chi connectivity index (χ1v) is 13.0. The standard InChI is InChI=1S/C30H26O14/c31-15-9-19(34)16-11-23(29(42-22(16)10-15)14-3-5-18(33)21(36)8-14)43-30-28(40)27(39)26(38)24(44-30)12-41-25(37)6-2-13-1-4-17(32)20(35)7-13/h1-11,24,26-28,30,32-36,38-40H,12H2/b6-2+. The smallest absolute Gasteiger partial charge is 0.330 e. The zero-order chi connectivity index (χ0) is 31.7. The summed E-state index contributed by atoms with van der Waals surface area (Å²) in [5, 5.41) is 80.7. The molecule has 0 spiro atoms. The van der Waals surface area contributed by atoms with Gasteiger partial charge in [0.25, 0.3) is 0 Å². The minimum absolute atomic E-state index is 0.0245. The van der Waals surface area contributed by atoms with Gasteiger partial charge >= 0.3 is 5.97 Å². The zero-order valence-corrected chi connectivity index (χ0v) is 22.5. The van der Waals surface area contributed by atoms with Gasteiger partial charge < -0.3 is 59.5 Å². The SMILES string of the molecule is O=C(/C=C/c1ccc(O)c(O)c1)OCC1OC(Oc2cc3c(O)cc(=O)cc-3oc2-c2ccc(O)c(O)c2)C(O)C(O)C1O. The highest BCUT2D eigenvalue weighted by molar-refractivity contribution is 5.87. The Bertz CT molecular complexity index is 1740. The molecule has 230 valence electrons. The third kappa shape index (κ3) is 6.23. The number of carbonyl (C=O) groups is 1. The number of hydrogen-bond acceptors (Lipinski definition) is 14. The van der Waals surface area contributed by atoms with Gasteiger partial charge in [-0.1, -0.05) is 6.07 Å². The largest absolute Gasteiger partial charge is 0.507 e. The van der Waals surface area contributed by atoms with Crippen molar-refractivity contribution in [2.24, 2.45) is 0 Å². The number of aromatic hydroxyl groups is 5. The Balaban J connectivity index is 1.39. The molecule has 0 amide bonds. The molecule has 1 saturated heterocycles. The number of benzene rings is 3. The van der Waals surface area contributed by atoms with Gasteiger partial charge in [0.05, 0.1) is 5.56 Å². The lowest BCUT2D eigenvalue weighted by Crippen LogP contribution is -2.60. The van der Waals surface area contributed by atoms with E-state index >= 15 is 0 Å². The van der Waals surface area contributed by atoms with E-state index in [-0.39, 0.29) is 34.1 Å². The fourth-order valence-electron chi connectivity index (χ4n) is 4.42. The molecule has 5 unspecified atom stereocenters. The summed E-state index contributed by atoms with van der Waals surface area (Å²) >= 11 is 0. The van der Waals surface area contributed by atoms with Crippen LogP contribution in [0.2, 0.25) is 0 Å². The van der Waals surface area contributed by atoms with Crippen LogP contribution in [0.5, 0.6) is 34.5 Å². The Hall–Kier alpha value is -5.28. The van der Waals surface area contributed by atoms with Crippen molar-refractivity contribution >= 4 is 12.0 Å². The second kappa shape index (κ2) is 12.1. The average Bonchev–Trinajstić information content (AvgIpc) is 2.98. The van der Waals surface area contributed by atoms with Crippen molar-refractivity contribution in [3.8, 4) is 57.1 Å². The summed E-state index contributed by atoms with van der Waals surface area (Å²) in [6.07, 6.45) is -6.19. The molecule has 3 aliphatic rings. The first-order chi connectivity index (χ1) is 20.9. The van der Waals surface area contributed by atoms with Gasteiger partial charge in [0.15, 0.2) is 39.9 Å². The molecule has 14 heteroatoms. The molecule has 5 atom stereocenters. The lowest BCUT2D eigenvalue weighted by atomic mass is 9.99. The number of phenols is 5. The highest BCUT2D eigenvalue weighted by atomic mass is 16.7. The van der Waals surface area contributed by atoms with Crippen LogP contribution >= 0.6 is 0 Å². The number of fused-ring (bicyclic) bond motifs is 1. The van der Waals surface area contributed by atoms with Gasteiger partial charge in [-0.25, -0.2) is 4.79 Å². The van der Waals surface area contributed by atoms with E-state index in [1.165, 1.54) is 36.4 Å². The molecular formula is C30H26O14. The number of ether oxygens (including phenoxy) is 3. The molecule has 8 N–H and O–H groups in total. The molecule has 2 aliphatic heterocycles. The van der Waals surface area contributed by atoms with Gasteiger partial charge in [-0.15, -0.1) is 0 Å². The van der Waals surface area contributed by atoms with Gasteiger partial charge in [-0.2, -0.15) is 0 Å². The van der Waals surface area contributed by atoms with Gasteiger partial charge in [0.1, 0.15) is 42.5 Å². The molecule has 2 heterocycles. The van der Waals surface area contributed by atoms with E-state index in [4.69, 9.17) is 18.6 Å². The summed E-state index contributed by atoms with van der Waals surface area (Å²) in [5.74, 6) is -3.45. The first-order valence-electron chi connectivity index (χ1n) is 13.0. The van der Waals surface area contributed by atoms with Crippen LogP contribution in [-0.4, -0.2) is 84.1 Å².